The number of aromatic nitrogens is 1. The van der Waals surface area contributed by atoms with E-state index < -0.39 is 35.1 Å². The van der Waals surface area contributed by atoms with Crippen LogP contribution in [0.3, 0.4) is 0 Å². The maximum Gasteiger partial charge on any atom is 0.338 e. The lowest BCUT2D eigenvalue weighted by Gasteiger charge is -2.27. The van der Waals surface area contributed by atoms with E-state index in [-0.39, 0.29) is 50.5 Å². The molecule has 0 fully saturated rings. The molecule has 2 N–H and O–H groups in total. The van der Waals surface area contributed by atoms with Gasteiger partial charge >= 0.3 is 11.9 Å². The summed E-state index contributed by atoms with van der Waals surface area (Å²) in [5.41, 5.74) is 5.39. The number of fused-ring (bicyclic) bond motifs is 1. The highest BCUT2D eigenvalue weighted by Crippen LogP contribution is 2.38. The van der Waals surface area contributed by atoms with E-state index in [0.717, 1.165) is 15.9 Å². The molecule has 3 aromatic rings. The molecule has 0 saturated heterocycles. The molecule has 1 aliphatic heterocycles. The van der Waals surface area contributed by atoms with Crippen LogP contribution in [0.15, 0.2) is 58.9 Å². The third-order valence-corrected chi connectivity index (χ3v) is 6.66. The van der Waals surface area contributed by atoms with Gasteiger partial charge in [-0.3, -0.25) is 9.36 Å². The number of ether oxygens (including phenoxy) is 2. The largest absolute Gasteiger partial charge is 0.463 e. The topological polar surface area (TPSA) is 101 Å². The first kappa shape index (κ1) is 25.1. The molecule has 36 heavy (non-hydrogen) atoms. The van der Waals surface area contributed by atoms with Crippen molar-refractivity contribution >= 4 is 40.7 Å². The molecule has 0 saturated carbocycles. The smallest absolute Gasteiger partial charge is 0.338 e. The Hall–Kier alpha value is -4.05. The number of carbonyl (C=O) groups excluding carboxylic acids is 2. The fourth-order valence-electron chi connectivity index (χ4n) is 4.02. The van der Waals surface area contributed by atoms with E-state index in [1.54, 1.807) is 26.0 Å². The lowest BCUT2D eigenvalue weighted by atomic mass is 9.83. The lowest BCUT2D eigenvalue weighted by molar-refractivity contribution is -0.138. The summed E-state index contributed by atoms with van der Waals surface area (Å²) in [4.78, 5) is 39.7. The fraction of sp³-hybridized carbons (Fsp3) is 0.192. The summed E-state index contributed by atoms with van der Waals surface area (Å²) in [6, 6.07) is 11.5. The number of esters is 2. The first-order valence-electron chi connectivity index (χ1n) is 11.1. The molecule has 2 aromatic carbocycles. The Morgan fingerprint density at radius 2 is 1.56 bits per heavy atom. The molecule has 2 heterocycles. The van der Waals surface area contributed by atoms with Crippen LogP contribution in [-0.2, 0) is 19.1 Å². The van der Waals surface area contributed by atoms with E-state index in [4.69, 9.17) is 15.2 Å². The summed E-state index contributed by atoms with van der Waals surface area (Å²) in [7, 11) is 0. The van der Waals surface area contributed by atoms with Gasteiger partial charge in [0.05, 0.1) is 34.8 Å². The minimum atomic E-state index is -1.30. The average molecular weight is 513 g/mol. The number of nitrogens with zero attached hydrogens (tertiary/aromatic N) is 1. The number of hydrogen-bond donors (Lipinski definition) is 1. The van der Waals surface area contributed by atoms with Crippen molar-refractivity contribution in [3.63, 3.8) is 0 Å². The van der Waals surface area contributed by atoms with E-state index in [2.05, 4.69) is 0 Å². The monoisotopic (exact) mass is 512 g/mol. The van der Waals surface area contributed by atoms with E-state index in [1.807, 2.05) is 0 Å². The van der Waals surface area contributed by atoms with Gasteiger partial charge in [0.2, 0.25) is 0 Å². The Morgan fingerprint density at radius 3 is 2.17 bits per heavy atom. The van der Waals surface area contributed by atoms with Gasteiger partial charge in [-0.2, -0.15) is 0 Å². The van der Waals surface area contributed by atoms with E-state index in [0.29, 0.717) is 0 Å². The van der Waals surface area contributed by atoms with Crippen LogP contribution >= 0.6 is 11.3 Å². The predicted octanol–water partition coefficient (Wildman–Crippen LogP) is 2.22. The average Bonchev–Trinajstić information content (AvgIpc) is 3.16. The zero-order valence-electron chi connectivity index (χ0n) is 19.4. The summed E-state index contributed by atoms with van der Waals surface area (Å²) >= 11 is 0.865. The number of halogens is 2. The summed E-state index contributed by atoms with van der Waals surface area (Å²) in [6.07, 6.45) is 1.33. The van der Waals surface area contributed by atoms with Gasteiger partial charge in [0.25, 0.3) is 5.56 Å². The highest BCUT2D eigenvalue weighted by Gasteiger charge is 2.41. The SMILES string of the molecule is CCOC(=O)C1=C(N)n2c(s/c(=C\c3ccccc3F)c2=O)=C(C(=O)OCC)[C@H]1c1ccccc1F. The summed E-state index contributed by atoms with van der Waals surface area (Å²) in [6.45, 7) is 3.14. The normalized spacial score (nSPS) is 15.6. The van der Waals surface area contributed by atoms with Crippen LogP contribution in [0.5, 0.6) is 0 Å². The molecular weight excluding hydrogens is 490 g/mol. The summed E-state index contributed by atoms with van der Waals surface area (Å²) < 4.78 is 40.9. The second-order valence-corrected chi connectivity index (χ2v) is 8.72. The van der Waals surface area contributed by atoms with Crippen LogP contribution in [0.2, 0.25) is 0 Å². The number of hydrogen-bond acceptors (Lipinski definition) is 7. The van der Waals surface area contributed by atoms with Crippen molar-refractivity contribution in [3.05, 3.63) is 96.4 Å². The van der Waals surface area contributed by atoms with E-state index in [1.165, 1.54) is 42.5 Å². The Labute approximate surface area is 208 Å². The Morgan fingerprint density at radius 1 is 0.972 bits per heavy atom. The quantitative estimate of drug-likeness (QED) is 0.509. The van der Waals surface area contributed by atoms with Crippen molar-refractivity contribution in [3.8, 4) is 0 Å². The summed E-state index contributed by atoms with van der Waals surface area (Å²) in [5, 5.41) is 0. The molecule has 7 nitrogen and oxygen atoms in total. The fourth-order valence-corrected chi connectivity index (χ4v) is 5.17. The van der Waals surface area contributed by atoms with E-state index in [9.17, 15) is 18.8 Å². The van der Waals surface area contributed by atoms with Crippen molar-refractivity contribution < 1.29 is 27.8 Å². The molecule has 0 spiro atoms. The van der Waals surface area contributed by atoms with E-state index >= 15 is 4.39 Å². The van der Waals surface area contributed by atoms with Gasteiger partial charge in [0, 0.05) is 11.1 Å². The first-order valence-corrected chi connectivity index (χ1v) is 11.9. The zero-order valence-corrected chi connectivity index (χ0v) is 20.2. The van der Waals surface area contributed by atoms with Gasteiger partial charge in [-0.25, -0.2) is 18.4 Å². The molecule has 0 unspecified atom stereocenters. The number of carbonyl (C=O) groups is 2. The molecule has 0 radical (unpaired) electrons. The van der Waals surface area contributed by atoms with Gasteiger partial charge in [-0.05, 0) is 32.1 Å². The number of thiazole rings is 1. The zero-order chi connectivity index (χ0) is 26.0. The molecule has 4 rings (SSSR count). The molecule has 186 valence electrons. The maximum absolute atomic E-state index is 15.0. The van der Waals surface area contributed by atoms with Crippen LogP contribution < -0.4 is 20.5 Å². The highest BCUT2D eigenvalue weighted by molar-refractivity contribution is 7.07. The molecule has 1 atom stereocenters. The Bertz CT molecular complexity index is 1570. The third-order valence-electron chi connectivity index (χ3n) is 5.55. The minimum Gasteiger partial charge on any atom is -0.463 e. The maximum atomic E-state index is 15.0. The van der Waals surface area contributed by atoms with Gasteiger partial charge in [0.1, 0.15) is 22.1 Å². The molecule has 1 aromatic heterocycles. The molecule has 1 aliphatic rings. The molecule has 10 heteroatoms. The number of rotatable bonds is 6. The van der Waals surface area contributed by atoms with Crippen LogP contribution in [0.4, 0.5) is 8.78 Å². The molecule has 0 bridgehead atoms. The number of nitrogens with two attached hydrogens (primary N) is 1. The lowest BCUT2D eigenvalue weighted by Crippen LogP contribution is -2.42. The van der Waals surface area contributed by atoms with Crippen LogP contribution in [-0.4, -0.2) is 29.7 Å². The highest BCUT2D eigenvalue weighted by atomic mass is 32.1. The minimum absolute atomic E-state index is 0.00984. The summed E-state index contributed by atoms with van der Waals surface area (Å²) in [5.74, 6) is -4.61. The van der Waals surface area contributed by atoms with Crippen molar-refractivity contribution in [2.75, 3.05) is 13.2 Å². The van der Waals surface area contributed by atoms with Gasteiger partial charge in [-0.1, -0.05) is 36.4 Å². The van der Waals surface area contributed by atoms with Crippen molar-refractivity contribution in [1.82, 2.24) is 4.57 Å². The molecular formula is C26H22F2N2O5S. The van der Waals surface area contributed by atoms with Gasteiger partial charge in [0.15, 0.2) is 0 Å². The second kappa shape index (κ2) is 10.3. The second-order valence-electron chi connectivity index (χ2n) is 7.69. The molecule has 0 amide bonds. The van der Waals surface area contributed by atoms with Gasteiger partial charge < -0.3 is 15.2 Å². The van der Waals surface area contributed by atoms with Crippen LogP contribution in [0, 0.1) is 11.6 Å². The first-order chi connectivity index (χ1) is 17.3. The Balaban J connectivity index is 2.15. The van der Waals surface area contributed by atoms with Crippen molar-refractivity contribution in [1.29, 1.82) is 0 Å². The number of benzene rings is 2. The van der Waals surface area contributed by atoms with Crippen LogP contribution in [0.25, 0.3) is 17.5 Å². The van der Waals surface area contributed by atoms with Crippen molar-refractivity contribution in [2.45, 2.75) is 19.8 Å². The standard InChI is InChI=1S/C26H22F2N2O5S/c1-3-34-25(32)20-19(15-10-6-8-12-17(15)28)21(26(33)35-4-2)24-30(22(20)29)23(31)18(36-24)13-14-9-5-7-11-16(14)27/h5-13,19H,3-4,29H2,1-2H3/b18-13-/t19-/m0/s1. The molecule has 0 aliphatic carbocycles. The predicted molar refractivity (Wildman–Crippen MR) is 131 cm³/mol. The van der Waals surface area contributed by atoms with Crippen LogP contribution in [0.1, 0.15) is 30.9 Å². The van der Waals surface area contributed by atoms with Crippen molar-refractivity contribution in [2.24, 2.45) is 5.73 Å². The third kappa shape index (κ3) is 4.35. The Kier molecular flexibility index (Phi) is 7.16. The van der Waals surface area contributed by atoms with Gasteiger partial charge in [-0.15, -0.1) is 11.3 Å².